The topological polar surface area (TPSA) is 67.4 Å². The predicted molar refractivity (Wildman–Crippen MR) is 115 cm³/mol. The molecule has 2 amide bonds. The van der Waals surface area contributed by atoms with E-state index < -0.39 is 6.10 Å². The molecule has 0 aromatic heterocycles. The molecule has 0 bridgehead atoms. The van der Waals surface area contributed by atoms with Crippen molar-refractivity contribution in [1.29, 1.82) is 0 Å². The Morgan fingerprint density at radius 1 is 0.862 bits per heavy atom. The number of ether oxygens (including phenoxy) is 1. The SMILES string of the molecule is CCC(Oc1cccc(C)c1)C(=O)Nc1cccc(NC(=O)c2ccccc2)c1. The normalized spacial score (nSPS) is 11.4. The Morgan fingerprint density at radius 2 is 1.55 bits per heavy atom. The second kappa shape index (κ2) is 9.55. The molecule has 0 heterocycles. The van der Waals surface area contributed by atoms with Gasteiger partial charge in [0.2, 0.25) is 0 Å². The monoisotopic (exact) mass is 388 g/mol. The lowest BCUT2D eigenvalue weighted by Crippen LogP contribution is -2.32. The van der Waals surface area contributed by atoms with E-state index in [9.17, 15) is 9.59 Å². The number of carbonyl (C=O) groups is 2. The third-order valence-corrected chi connectivity index (χ3v) is 4.36. The number of rotatable bonds is 7. The fourth-order valence-corrected chi connectivity index (χ4v) is 2.87. The fourth-order valence-electron chi connectivity index (χ4n) is 2.87. The summed E-state index contributed by atoms with van der Waals surface area (Å²) in [4.78, 5) is 25.0. The van der Waals surface area contributed by atoms with Crippen LogP contribution in [-0.2, 0) is 4.79 Å². The van der Waals surface area contributed by atoms with Gasteiger partial charge >= 0.3 is 0 Å². The predicted octanol–water partition coefficient (Wildman–Crippen LogP) is 5.04. The van der Waals surface area contributed by atoms with Crippen LogP contribution in [-0.4, -0.2) is 17.9 Å². The Hall–Kier alpha value is -3.60. The van der Waals surface area contributed by atoms with Crippen molar-refractivity contribution in [1.82, 2.24) is 0 Å². The van der Waals surface area contributed by atoms with Gasteiger partial charge in [-0.25, -0.2) is 0 Å². The quantitative estimate of drug-likeness (QED) is 0.596. The van der Waals surface area contributed by atoms with Crippen LogP contribution >= 0.6 is 0 Å². The number of benzene rings is 3. The van der Waals surface area contributed by atoms with E-state index in [1.54, 1.807) is 36.4 Å². The van der Waals surface area contributed by atoms with E-state index in [-0.39, 0.29) is 11.8 Å². The van der Waals surface area contributed by atoms with Crippen LogP contribution in [0.25, 0.3) is 0 Å². The molecule has 0 aliphatic rings. The van der Waals surface area contributed by atoms with Crippen LogP contribution in [0.1, 0.15) is 29.3 Å². The van der Waals surface area contributed by atoms with Crippen molar-refractivity contribution in [3.63, 3.8) is 0 Å². The van der Waals surface area contributed by atoms with E-state index in [4.69, 9.17) is 4.74 Å². The number of amides is 2. The number of carbonyl (C=O) groups excluding carboxylic acids is 2. The van der Waals surface area contributed by atoms with Crippen molar-refractivity contribution in [2.75, 3.05) is 10.6 Å². The van der Waals surface area contributed by atoms with Crippen LogP contribution in [0.15, 0.2) is 78.9 Å². The first-order valence-corrected chi connectivity index (χ1v) is 9.56. The summed E-state index contributed by atoms with van der Waals surface area (Å²) < 4.78 is 5.85. The summed E-state index contributed by atoms with van der Waals surface area (Å²) in [6.07, 6.45) is -0.0797. The van der Waals surface area contributed by atoms with Crippen molar-refractivity contribution in [3.05, 3.63) is 90.0 Å². The molecule has 0 aliphatic heterocycles. The van der Waals surface area contributed by atoms with Crippen LogP contribution in [0.2, 0.25) is 0 Å². The maximum absolute atomic E-state index is 12.7. The summed E-state index contributed by atoms with van der Waals surface area (Å²) >= 11 is 0. The zero-order chi connectivity index (χ0) is 20.6. The van der Waals surface area contributed by atoms with Gasteiger partial charge < -0.3 is 15.4 Å². The number of anilines is 2. The van der Waals surface area contributed by atoms with Crippen molar-refractivity contribution in [2.24, 2.45) is 0 Å². The highest BCUT2D eigenvalue weighted by atomic mass is 16.5. The zero-order valence-electron chi connectivity index (χ0n) is 16.5. The van der Waals surface area contributed by atoms with E-state index in [1.807, 2.05) is 56.3 Å². The molecule has 0 radical (unpaired) electrons. The van der Waals surface area contributed by atoms with Crippen molar-refractivity contribution >= 4 is 23.2 Å². The summed E-state index contributed by atoms with van der Waals surface area (Å²) in [6, 6.07) is 23.6. The number of hydrogen-bond donors (Lipinski definition) is 2. The smallest absolute Gasteiger partial charge is 0.265 e. The Labute approximate surface area is 170 Å². The molecule has 1 unspecified atom stereocenters. The lowest BCUT2D eigenvalue weighted by molar-refractivity contribution is -0.122. The van der Waals surface area contributed by atoms with Gasteiger partial charge in [0.05, 0.1) is 0 Å². The van der Waals surface area contributed by atoms with E-state index in [1.165, 1.54) is 0 Å². The van der Waals surface area contributed by atoms with Gasteiger partial charge in [0.1, 0.15) is 5.75 Å². The van der Waals surface area contributed by atoms with Crippen LogP contribution < -0.4 is 15.4 Å². The molecule has 29 heavy (non-hydrogen) atoms. The summed E-state index contributed by atoms with van der Waals surface area (Å²) in [5.41, 5.74) is 2.83. The van der Waals surface area contributed by atoms with Crippen molar-refractivity contribution in [3.8, 4) is 5.75 Å². The Bertz CT molecular complexity index is 986. The lowest BCUT2D eigenvalue weighted by Gasteiger charge is -2.18. The molecular weight excluding hydrogens is 364 g/mol. The van der Waals surface area contributed by atoms with Crippen molar-refractivity contribution < 1.29 is 14.3 Å². The molecule has 0 aliphatic carbocycles. The van der Waals surface area contributed by atoms with Gasteiger partial charge in [0.15, 0.2) is 6.10 Å². The molecule has 5 heteroatoms. The van der Waals surface area contributed by atoms with Gasteiger partial charge in [-0.3, -0.25) is 9.59 Å². The Morgan fingerprint density at radius 3 is 2.24 bits per heavy atom. The van der Waals surface area contributed by atoms with E-state index in [0.29, 0.717) is 29.1 Å². The molecule has 3 aromatic rings. The second-order valence-corrected chi connectivity index (χ2v) is 6.72. The largest absolute Gasteiger partial charge is 0.481 e. The molecule has 148 valence electrons. The lowest BCUT2D eigenvalue weighted by atomic mass is 10.2. The average molecular weight is 388 g/mol. The third-order valence-electron chi connectivity index (χ3n) is 4.36. The van der Waals surface area contributed by atoms with Crippen LogP contribution in [0, 0.1) is 6.92 Å². The highest BCUT2D eigenvalue weighted by Gasteiger charge is 2.19. The van der Waals surface area contributed by atoms with E-state index >= 15 is 0 Å². The van der Waals surface area contributed by atoms with E-state index in [0.717, 1.165) is 5.56 Å². The van der Waals surface area contributed by atoms with Gasteiger partial charge in [0, 0.05) is 16.9 Å². The highest BCUT2D eigenvalue weighted by Crippen LogP contribution is 2.19. The molecular formula is C24H24N2O3. The third kappa shape index (κ3) is 5.69. The minimum absolute atomic E-state index is 0.205. The van der Waals surface area contributed by atoms with Gasteiger partial charge in [-0.1, -0.05) is 43.3 Å². The minimum atomic E-state index is -0.612. The molecule has 0 spiro atoms. The van der Waals surface area contributed by atoms with Crippen LogP contribution in [0.4, 0.5) is 11.4 Å². The van der Waals surface area contributed by atoms with Gasteiger partial charge in [-0.2, -0.15) is 0 Å². The maximum atomic E-state index is 12.7. The summed E-state index contributed by atoms with van der Waals surface area (Å²) in [5.74, 6) is 0.222. The molecule has 3 rings (SSSR count). The standard InChI is InChI=1S/C24H24N2O3/c1-3-22(29-21-14-7-9-17(2)15-21)24(28)26-20-13-8-12-19(16-20)25-23(27)18-10-5-4-6-11-18/h4-16,22H,3H2,1-2H3,(H,25,27)(H,26,28). The molecule has 5 nitrogen and oxygen atoms in total. The minimum Gasteiger partial charge on any atom is -0.481 e. The number of nitrogens with one attached hydrogen (secondary N) is 2. The Balaban J connectivity index is 1.65. The van der Waals surface area contributed by atoms with Gasteiger partial charge in [0.25, 0.3) is 11.8 Å². The van der Waals surface area contributed by atoms with Crippen LogP contribution in [0.3, 0.4) is 0 Å². The Kier molecular flexibility index (Phi) is 6.63. The molecule has 3 aromatic carbocycles. The van der Waals surface area contributed by atoms with Gasteiger partial charge in [-0.05, 0) is 61.4 Å². The molecule has 0 saturated heterocycles. The molecule has 2 N–H and O–H groups in total. The van der Waals surface area contributed by atoms with E-state index in [2.05, 4.69) is 10.6 Å². The summed E-state index contributed by atoms with van der Waals surface area (Å²) in [7, 11) is 0. The fraction of sp³-hybridized carbons (Fsp3) is 0.167. The van der Waals surface area contributed by atoms with Gasteiger partial charge in [-0.15, -0.1) is 0 Å². The van der Waals surface area contributed by atoms with Crippen molar-refractivity contribution in [2.45, 2.75) is 26.4 Å². The zero-order valence-corrected chi connectivity index (χ0v) is 16.5. The highest BCUT2D eigenvalue weighted by molar-refractivity contribution is 6.04. The summed E-state index contributed by atoms with van der Waals surface area (Å²) in [5, 5.41) is 5.71. The first-order chi connectivity index (χ1) is 14.0. The number of aryl methyl sites for hydroxylation is 1. The van der Waals surface area contributed by atoms with Crippen LogP contribution in [0.5, 0.6) is 5.75 Å². The first-order valence-electron chi connectivity index (χ1n) is 9.56. The molecule has 0 saturated carbocycles. The molecule has 0 fully saturated rings. The first kappa shape index (κ1) is 20.1. The maximum Gasteiger partial charge on any atom is 0.265 e. The second-order valence-electron chi connectivity index (χ2n) is 6.72. The number of hydrogen-bond acceptors (Lipinski definition) is 3. The summed E-state index contributed by atoms with van der Waals surface area (Å²) in [6.45, 7) is 3.87. The molecule has 1 atom stereocenters. The average Bonchev–Trinajstić information content (AvgIpc) is 2.73.